The summed E-state index contributed by atoms with van der Waals surface area (Å²) in [6.07, 6.45) is -10.4. The summed E-state index contributed by atoms with van der Waals surface area (Å²) in [5.41, 5.74) is 6.61. The van der Waals surface area contributed by atoms with Crippen molar-refractivity contribution in [1.29, 1.82) is 5.26 Å². The van der Waals surface area contributed by atoms with Crippen LogP contribution in [0.4, 0.5) is 26.3 Å². The van der Waals surface area contributed by atoms with Gasteiger partial charge in [0.05, 0.1) is 56.2 Å². The second-order valence-electron chi connectivity index (χ2n) is 16.5. The fraction of sp³-hybridized carbons (Fsp3) is 0.109. The SMILES string of the molecule is Cc1ccc(-c2ccc3c4ccccc4n(-c4cc(C#N)c(-c5c(C(F)(F)F)cccc5C(F)(F)F)cc4-n4c5ccccc5c5ccc(-c6ccc(C)cc6C)cc54)c3c2)c(C)c1. The molecule has 64 heavy (non-hydrogen) atoms. The van der Waals surface area contributed by atoms with Gasteiger partial charge in [0.25, 0.3) is 0 Å². The first-order valence-corrected chi connectivity index (χ1v) is 20.7. The Bertz CT molecular complexity index is 3560. The zero-order valence-corrected chi connectivity index (χ0v) is 35.0. The highest BCUT2D eigenvalue weighted by atomic mass is 19.4. The Hall–Kier alpha value is -7.57. The molecule has 0 unspecified atom stereocenters. The summed E-state index contributed by atoms with van der Waals surface area (Å²) in [7, 11) is 0. The standard InChI is InChI=1S/C55H37F6N3/c1-31-16-20-38(33(3)24-31)35-18-22-42-40-10-5-7-14-47(40)63(49(42)26-35)51-28-37(30-62)44(53-45(54(56,57)58)12-9-13-46(53)55(59,60)61)29-52(51)64-48-15-8-6-11-41(48)43-23-19-36(27-50(43)64)39-21-17-32(2)25-34(39)4/h5-29H,1-4H3. The third-order valence-electron chi connectivity index (χ3n) is 12.4. The van der Waals surface area contributed by atoms with E-state index in [0.717, 1.165) is 83.2 Å². The van der Waals surface area contributed by atoms with Crippen LogP contribution in [0.3, 0.4) is 0 Å². The van der Waals surface area contributed by atoms with E-state index in [1.807, 2.05) is 134 Å². The van der Waals surface area contributed by atoms with Crippen LogP contribution < -0.4 is 0 Å². The topological polar surface area (TPSA) is 33.6 Å². The summed E-state index contributed by atoms with van der Waals surface area (Å²) < 4.78 is 94.0. The summed E-state index contributed by atoms with van der Waals surface area (Å²) >= 11 is 0. The van der Waals surface area contributed by atoms with Gasteiger partial charge < -0.3 is 9.13 Å². The van der Waals surface area contributed by atoms with Crippen LogP contribution in [0.25, 0.3) is 88.4 Å². The molecule has 10 aromatic rings. The lowest BCUT2D eigenvalue weighted by atomic mass is 9.89. The molecule has 0 saturated heterocycles. The van der Waals surface area contributed by atoms with Gasteiger partial charge >= 0.3 is 12.4 Å². The number of hydrogen-bond acceptors (Lipinski definition) is 1. The number of benzene rings is 8. The molecule has 10 rings (SSSR count). The molecule has 0 atom stereocenters. The maximum absolute atomic E-state index is 15.0. The number of aromatic nitrogens is 2. The van der Waals surface area contributed by atoms with Gasteiger partial charge in [0, 0.05) is 32.7 Å². The number of aryl methyl sites for hydroxylation is 4. The molecule has 3 nitrogen and oxygen atoms in total. The van der Waals surface area contributed by atoms with Crippen LogP contribution in [0.1, 0.15) is 38.9 Å². The molecule has 0 spiro atoms. The van der Waals surface area contributed by atoms with E-state index < -0.39 is 34.6 Å². The molecule has 2 aromatic heterocycles. The molecular formula is C55H37F6N3. The number of nitrogens with zero attached hydrogens (tertiary/aromatic N) is 3. The van der Waals surface area contributed by atoms with Crippen LogP contribution in [-0.4, -0.2) is 9.13 Å². The first-order valence-electron chi connectivity index (χ1n) is 20.7. The van der Waals surface area contributed by atoms with E-state index in [-0.39, 0.29) is 11.3 Å². The molecule has 9 heteroatoms. The van der Waals surface area contributed by atoms with Crippen molar-refractivity contribution in [3.8, 4) is 50.8 Å². The fourth-order valence-corrected chi connectivity index (χ4v) is 9.62. The molecule has 314 valence electrons. The number of fused-ring (bicyclic) bond motifs is 6. The van der Waals surface area contributed by atoms with E-state index in [1.54, 1.807) is 0 Å². The van der Waals surface area contributed by atoms with Gasteiger partial charge in [-0.15, -0.1) is 0 Å². The average Bonchev–Trinajstić information content (AvgIpc) is 3.77. The summed E-state index contributed by atoms with van der Waals surface area (Å²) in [6.45, 7) is 8.11. The molecule has 0 saturated carbocycles. The number of para-hydroxylation sites is 2. The minimum absolute atomic E-state index is 0.280. The van der Waals surface area contributed by atoms with Crippen LogP contribution in [0.5, 0.6) is 0 Å². The van der Waals surface area contributed by atoms with Crippen LogP contribution in [0, 0.1) is 39.0 Å². The summed E-state index contributed by atoms with van der Waals surface area (Å²) in [5, 5.41) is 14.3. The molecule has 2 heterocycles. The molecule has 0 radical (unpaired) electrons. The second-order valence-corrected chi connectivity index (χ2v) is 16.5. The fourth-order valence-electron chi connectivity index (χ4n) is 9.62. The number of nitriles is 1. The van der Waals surface area contributed by atoms with Gasteiger partial charge in [-0.1, -0.05) is 114 Å². The van der Waals surface area contributed by atoms with Crippen molar-refractivity contribution in [1.82, 2.24) is 9.13 Å². The first kappa shape index (κ1) is 40.5. The van der Waals surface area contributed by atoms with Crippen molar-refractivity contribution in [3.63, 3.8) is 0 Å². The zero-order valence-electron chi connectivity index (χ0n) is 35.0. The van der Waals surface area contributed by atoms with Crippen LogP contribution in [0.15, 0.2) is 152 Å². The second kappa shape index (κ2) is 14.8. The molecule has 0 aliphatic carbocycles. The molecular weight excluding hydrogens is 817 g/mol. The number of alkyl halides is 6. The Labute approximate surface area is 364 Å². The van der Waals surface area contributed by atoms with E-state index in [4.69, 9.17) is 0 Å². The van der Waals surface area contributed by atoms with Crippen LogP contribution in [0.2, 0.25) is 0 Å². The van der Waals surface area contributed by atoms with Crippen LogP contribution in [-0.2, 0) is 12.4 Å². The first-order chi connectivity index (χ1) is 30.6. The minimum atomic E-state index is -5.19. The Kier molecular flexibility index (Phi) is 9.35. The number of hydrogen-bond donors (Lipinski definition) is 0. The Morgan fingerprint density at radius 1 is 0.422 bits per heavy atom. The van der Waals surface area contributed by atoms with Crippen molar-refractivity contribution >= 4 is 43.6 Å². The van der Waals surface area contributed by atoms with Crippen molar-refractivity contribution in [2.75, 3.05) is 0 Å². The highest BCUT2D eigenvalue weighted by molar-refractivity contribution is 6.13. The van der Waals surface area contributed by atoms with E-state index >= 15 is 26.3 Å². The van der Waals surface area contributed by atoms with Crippen molar-refractivity contribution in [2.24, 2.45) is 0 Å². The minimum Gasteiger partial charge on any atom is -0.307 e. The predicted molar refractivity (Wildman–Crippen MR) is 245 cm³/mol. The highest BCUT2D eigenvalue weighted by Gasteiger charge is 2.42. The number of rotatable bonds is 5. The largest absolute Gasteiger partial charge is 0.417 e. The molecule has 0 aliphatic rings. The lowest BCUT2D eigenvalue weighted by Gasteiger charge is -2.23. The Balaban J connectivity index is 1.40. The predicted octanol–water partition coefficient (Wildman–Crippen LogP) is 16.0. The lowest BCUT2D eigenvalue weighted by molar-refractivity contribution is -0.142. The molecule has 8 aromatic carbocycles. The summed E-state index contributed by atoms with van der Waals surface area (Å²) in [6, 6.07) is 46.7. The zero-order chi connectivity index (χ0) is 44.8. The third kappa shape index (κ3) is 6.52. The van der Waals surface area contributed by atoms with Crippen LogP contribution >= 0.6 is 0 Å². The van der Waals surface area contributed by atoms with Crippen molar-refractivity contribution in [3.05, 3.63) is 191 Å². The smallest absolute Gasteiger partial charge is 0.307 e. The van der Waals surface area contributed by atoms with E-state index in [9.17, 15) is 5.26 Å². The lowest BCUT2D eigenvalue weighted by Crippen LogP contribution is -2.15. The highest BCUT2D eigenvalue weighted by Crippen LogP contribution is 2.48. The number of halogens is 6. The molecule has 0 amide bonds. The van der Waals surface area contributed by atoms with Gasteiger partial charge in [-0.25, -0.2) is 0 Å². The van der Waals surface area contributed by atoms with Gasteiger partial charge in [-0.05, 0) is 110 Å². The van der Waals surface area contributed by atoms with E-state index in [1.165, 1.54) is 12.1 Å². The summed E-state index contributed by atoms with van der Waals surface area (Å²) in [4.78, 5) is 0. The quantitative estimate of drug-likeness (QED) is 0.159. The maximum Gasteiger partial charge on any atom is 0.417 e. The Morgan fingerprint density at radius 3 is 1.30 bits per heavy atom. The average molecular weight is 854 g/mol. The third-order valence-corrected chi connectivity index (χ3v) is 12.4. The van der Waals surface area contributed by atoms with Gasteiger partial charge in [0.1, 0.15) is 0 Å². The molecule has 0 fully saturated rings. The van der Waals surface area contributed by atoms with E-state index in [2.05, 4.69) is 30.3 Å². The normalized spacial score (nSPS) is 12.2. The maximum atomic E-state index is 15.0. The van der Waals surface area contributed by atoms with Crippen molar-refractivity contribution < 1.29 is 26.3 Å². The molecule has 0 N–H and O–H groups in total. The monoisotopic (exact) mass is 853 g/mol. The van der Waals surface area contributed by atoms with Gasteiger partial charge in [0.2, 0.25) is 0 Å². The van der Waals surface area contributed by atoms with Gasteiger partial charge in [-0.3, -0.25) is 0 Å². The molecule has 0 bridgehead atoms. The van der Waals surface area contributed by atoms with Gasteiger partial charge in [0.15, 0.2) is 0 Å². The summed E-state index contributed by atoms with van der Waals surface area (Å²) in [5.74, 6) is 0. The van der Waals surface area contributed by atoms with E-state index in [0.29, 0.717) is 28.9 Å². The molecule has 0 aliphatic heterocycles. The van der Waals surface area contributed by atoms with Crippen molar-refractivity contribution in [2.45, 2.75) is 40.0 Å². The Morgan fingerprint density at radius 2 is 0.859 bits per heavy atom. The van der Waals surface area contributed by atoms with Gasteiger partial charge in [-0.2, -0.15) is 31.6 Å².